The van der Waals surface area contributed by atoms with E-state index >= 15 is 0 Å². The van der Waals surface area contributed by atoms with E-state index in [-0.39, 0.29) is 5.78 Å². The van der Waals surface area contributed by atoms with Crippen molar-refractivity contribution in [1.82, 2.24) is 0 Å². The molecule has 0 aromatic heterocycles. The minimum absolute atomic E-state index is 0.0461. The van der Waals surface area contributed by atoms with Crippen LogP contribution < -0.4 is 5.32 Å². The predicted molar refractivity (Wildman–Crippen MR) is 130 cm³/mol. The van der Waals surface area contributed by atoms with Crippen LogP contribution in [0, 0.1) is 6.92 Å². The van der Waals surface area contributed by atoms with Gasteiger partial charge in [0.2, 0.25) is 0 Å². The van der Waals surface area contributed by atoms with Crippen LogP contribution in [-0.4, -0.2) is 43.6 Å². The SMILES string of the molecule is CC/C(C)=C/c1cc(C(=O)c2ccc(C)cc2)ccc1NCOCCS(C)(C)C. The van der Waals surface area contributed by atoms with Gasteiger partial charge in [-0.05, 0) is 62.8 Å². The van der Waals surface area contributed by atoms with Crippen LogP contribution in [0.3, 0.4) is 0 Å². The molecule has 2 rings (SSSR count). The van der Waals surface area contributed by atoms with Gasteiger partial charge in [0, 0.05) is 22.6 Å². The third kappa shape index (κ3) is 7.71. The normalized spacial score (nSPS) is 12.7. The van der Waals surface area contributed by atoms with E-state index < -0.39 is 10.0 Å². The minimum Gasteiger partial charge on any atom is -0.362 e. The molecule has 0 fully saturated rings. The zero-order valence-corrected chi connectivity index (χ0v) is 19.5. The Bertz CT molecular complexity index is 848. The van der Waals surface area contributed by atoms with Crippen molar-refractivity contribution in [1.29, 1.82) is 0 Å². The molecule has 0 aliphatic carbocycles. The summed E-state index contributed by atoms with van der Waals surface area (Å²) in [5.41, 5.74) is 5.84. The second-order valence-electron chi connectivity index (χ2n) is 8.37. The number of ketones is 1. The van der Waals surface area contributed by atoms with E-state index in [2.05, 4.69) is 44.0 Å². The molecule has 0 amide bonds. The van der Waals surface area contributed by atoms with Gasteiger partial charge in [0.15, 0.2) is 5.78 Å². The van der Waals surface area contributed by atoms with Gasteiger partial charge in [0.1, 0.15) is 6.73 Å². The van der Waals surface area contributed by atoms with Crippen molar-refractivity contribution in [3.05, 3.63) is 70.3 Å². The molecule has 0 bridgehead atoms. The van der Waals surface area contributed by atoms with Crippen molar-refractivity contribution in [2.24, 2.45) is 0 Å². The zero-order chi connectivity index (χ0) is 21.4. The molecule has 0 spiro atoms. The zero-order valence-electron chi connectivity index (χ0n) is 18.7. The summed E-state index contributed by atoms with van der Waals surface area (Å²) in [7, 11) is -0.541. The maximum Gasteiger partial charge on any atom is 0.193 e. The van der Waals surface area contributed by atoms with E-state index in [0.717, 1.165) is 35.6 Å². The average molecular weight is 414 g/mol. The van der Waals surface area contributed by atoms with Crippen molar-refractivity contribution in [3.63, 3.8) is 0 Å². The molecule has 0 saturated heterocycles. The van der Waals surface area contributed by atoms with Gasteiger partial charge in [-0.2, -0.15) is 0 Å². The maximum atomic E-state index is 12.9. The fourth-order valence-electron chi connectivity index (χ4n) is 2.73. The van der Waals surface area contributed by atoms with Crippen molar-refractivity contribution in [2.75, 3.05) is 43.2 Å². The lowest BCUT2D eigenvalue weighted by Gasteiger charge is -2.24. The fraction of sp³-hybridized carbons (Fsp3) is 0.400. The third-order valence-corrected chi connectivity index (χ3v) is 6.18. The largest absolute Gasteiger partial charge is 0.362 e. The first kappa shape index (κ1) is 23.2. The van der Waals surface area contributed by atoms with Gasteiger partial charge in [0.25, 0.3) is 0 Å². The van der Waals surface area contributed by atoms with Gasteiger partial charge in [-0.1, -0.05) is 48.4 Å². The molecule has 158 valence electrons. The summed E-state index contributed by atoms with van der Waals surface area (Å²) in [6.45, 7) is 7.50. The van der Waals surface area contributed by atoms with E-state index in [9.17, 15) is 4.79 Å². The van der Waals surface area contributed by atoms with E-state index in [4.69, 9.17) is 4.74 Å². The number of carbonyl (C=O) groups excluding carboxylic acids is 1. The molecular formula is C25H35NO2S. The summed E-state index contributed by atoms with van der Waals surface area (Å²) in [4.78, 5) is 12.9. The van der Waals surface area contributed by atoms with Crippen LogP contribution in [0.2, 0.25) is 0 Å². The van der Waals surface area contributed by atoms with Crippen LogP contribution >= 0.6 is 10.0 Å². The van der Waals surface area contributed by atoms with Gasteiger partial charge < -0.3 is 10.1 Å². The first-order valence-electron chi connectivity index (χ1n) is 10.1. The Labute approximate surface area is 177 Å². The molecular weight excluding hydrogens is 378 g/mol. The van der Waals surface area contributed by atoms with Gasteiger partial charge in [-0.15, -0.1) is 0 Å². The number of nitrogens with one attached hydrogen (secondary N) is 1. The number of hydrogen-bond donors (Lipinski definition) is 1. The summed E-state index contributed by atoms with van der Waals surface area (Å²) in [5, 5.41) is 3.37. The van der Waals surface area contributed by atoms with Crippen LogP contribution in [0.25, 0.3) is 6.08 Å². The summed E-state index contributed by atoms with van der Waals surface area (Å²) in [6.07, 6.45) is 10.0. The van der Waals surface area contributed by atoms with Gasteiger partial charge >= 0.3 is 0 Å². The predicted octanol–water partition coefficient (Wildman–Crippen LogP) is 6.12. The van der Waals surface area contributed by atoms with Crippen LogP contribution in [0.4, 0.5) is 5.69 Å². The highest BCUT2D eigenvalue weighted by atomic mass is 32.3. The van der Waals surface area contributed by atoms with Crippen molar-refractivity contribution >= 4 is 27.6 Å². The summed E-state index contributed by atoms with van der Waals surface area (Å²) in [5.74, 6) is 1.14. The summed E-state index contributed by atoms with van der Waals surface area (Å²) >= 11 is 0. The number of ether oxygens (including phenoxy) is 1. The molecule has 0 unspecified atom stereocenters. The van der Waals surface area contributed by atoms with Crippen LogP contribution in [0.15, 0.2) is 48.0 Å². The molecule has 4 heteroatoms. The van der Waals surface area contributed by atoms with E-state index in [0.29, 0.717) is 17.9 Å². The van der Waals surface area contributed by atoms with Crippen LogP contribution in [-0.2, 0) is 4.74 Å². The molecule has 2 aromatic carbocycles. The lowest BCUT2D eigenvalue weighted by Crippen LogP contribution is -2.13. The lowest BCUT2D eigenvalue weighted by molar-refractivity contribution is 0.103. The van der Waals surface area contributed by atoms with E-state index in [1.54, 1.807) is 0 Å². The Morgan fingerprint density at radius 3 is 2.34 bits per heavy atom. The Morgan fingerprint density at radius 1 is 1.07 bits per heavy atom. The number of benzene rings is 2. The topological polar surface area (TPSA) is 38.3 Å². The highest BCUT2D eigenvalue weighted by Gasteiger charge is 2.11. The average Bonchev–Trinajstić information content (AvgIpc) is 2.67. The number of anilines is 1. The standard InChI is InChI=1S/C25H35NO2S/c1-7-19(2)16-23-17-22(25(27)21-10-8-20(3)9-11-21)12-13-24(23)26-18-28-14-15-29(4,5)6/h8-13,16-17,26H,7,14-15,18H2,1-6H3/b19-16+. The Kier molecular flexibility index (Phi) is 8.54. The summed E-state index contributed by atoms with van der Waals surface area (Å²) in [6, 6.07) is 13.6. The number of aryl methyl sites for hydroxylation is 1. The highest BCUT2D eigenvalue weighted by Crippen LogP contribution is 2.33. The van der Waals surface area contributed by atoms with Crippen molar-refractivity contribution in [3.8, 4) is 0 Å². The quantitative estimate of drug-likeness (QED) is 0.290. The van der Waals surface area contributed by atoms with Crippen LogP contribution in [0.1, 0.15) is 47.3 Å². The molecule has 0 saturated carbocycles. The fourth-order valence-corrected chi connectivity index (χ4v) is 3.35. The Hall–Kier alpha value is -2.04. The number of carbonyl (C=O) groups is 1. The summed E-state index contributed by atoms with van der Waals surface area (Å²) < 4.78 is 5.78. The van der Waals surface area contributed by atoms with Crippen LogP contribution in [0.5, 0.6) is 0 Å². The highest BCUT2D eigenvalue weighted by molar-refractivity contribution is 8.32. The molecule has 2 aromatic rings. The maximum absolute atomic E-state index is 12.9. The molecule has 0 atom stereocenters. The van der Waals surface area contributed by atoms with Crippen molar-refractivity contribution < 1.29 is 9.53 Å². The molecule has 1 N–H and O–H groups in total. The van der Waals surface area contributed by atoms with E-state index in [1.807, 2.05) is 49.4 Å². The number of rotatable bonds is 10. The van der Waals surface area contributed by atoms with Gasteiger partial charge in [0.05, 0.1) is 6.61 Å². The second-order valence-corrected chi connectivity index (χ2v) is 13.0. The van der Waals surface area contributed by atoms with Gasteiger partial charge in [-0.3, -0.25) is 4.79 Å². The number of hydrogen-bond acceptors (Lipinski definition) is 3. The molecule has 0 aliphatic heterocycles. The smallest absolute Gasteiger partial charge is 0.193 e. The first-order valence-corrected chi connectivity index (χ1v) is 13.1. The van der Waals surface area contributed by atoms with E-state index in [1.165, 1.54) is 5.57 Å². The molecule has 0 aliphatic rings. The second kappa shape index (κ2) is 10.7. The molecule has 0 heterocycles. The Morgan fingerprint density at radius 2 is 1.72 bits per heavy atom. The first-order chi connectivity index (χ1) is 13.7. The molecule has 3 nitrogen and oxygen atoms in total. The molecule has 29 heavy (non-hydrogen) atoms. The number of allylic oxidation sites excluding steroid dienone is 1. The minimum atomic E-state index is -0.541. The van der Waals surface area contributed by atoms with Gasteiger partial charge in [-0.25, -0.2) is 10.0 Å². The Balaban J connectivity index is 2.17. The monoisotopic (exact) mass is 413 g/mol. The lowest BCUT2D eigenvalue weighted by atomic mass is 9.98. The van der Waals surface area contributed by atoms with Crippen molar-refractivity contribution in [2.45, 2.75) is 27.2 Å². The molecule has 0 radical (unpaired) electrons. The third-order valence-electron chi connectivity index (χ3n) is 4.79.